The second-order valence-corrected chi connectivity index (χ2v) is 8.26. The molecule has 34 heavy (non-hydrogen) atoms. The SMILES string of the molecule is CCOCCC1=CN=C2[C@H](C)N=C(c3c(F)cccc3F)c3c(ccc(C(F)(F)F)c3Cl)N2C1. The standard InChI is InChI=1S/C24H21ClF5N3O/c1-3-34-10-9-14-11-31-23-13(2)32-22(19-16(26)5-4-6-17(19)27)20-18(33(23)12-14)8-7-15(21(20)25)24(28,29)30/h4-8,11,13H,3,9-10,12H2,1-2H3/t13-/m0/s1. The van der Waals surface area contributed by atoms with Crippen LogP contribution >= 0.6 is 11.6 Å². The van der Waals surface area contributed by atoms with Gasteiger partial charge in [0.1, 0.15) is 23.5 Å². The Balaban J connectivity index is 1.94. The van der Waals surface area contributed by atoms with Crippen molar-refractivity contribution in [3.05, 3.63) is 75.5 Å². The molecule has 0 fully saturated rings. The summed E-state index contributed by atoms with van der Waals surface area (Å²) in [5, 5.41) is -0.676. The maximum absolute atomic E-state index is 14.8. The van der Waals surface area contributed by atoms with E-state index in [1.807, 2.05) is 6.92 Å². The molecule has 0 N–H and O–H groups in total. The molecule has 2 aromatic rings. The van der Waals surface area contributed by atoms with Crippen LogP contribution in [-0.4, -0.2) is 37.3 Å². The van der Waals surface area contributed by atoms with Crippen LogP contribution in [0.25, 0.3) is 0 Å². The Morgan fingerprint density at radius 3 is 2.47 bits per heavy atom. The van der Waals surface area contributed by atoms with Crippen molar-refractivity contribution in [1.29, 1.82) is 0 Å². The minimum atomic E-state index is -4.77. The molecule has 2 aliphatic heterocycles. The van der Waals surface area contributed by atoms with Gasteiger partial charge in [-0.1, -0.05) is 17.7 Å². The molecule has 0 saturated carbocycles. The molecule has 0 aliphatic carbocycles. The third kappa shape index (κ3) is 4.46. The Kier molecular flexibility index (Phi) is 6.78. The van der Waals surface area contributed by atoms with Gasteiger partial charge in [-0.2, -0.15) is 13.2 Å². The molecule has 180 valence electrons. The molecule has 4 rings (SSSR count). The van der Waals surface area contributed by atoms with E-state index in [0.717, 1.165) is 23.8 Å². The summed E-state index contributed by atoms with van der Waals surface area (Å²) in [4.78, 5) is 10.6. The molecule has 0 aromatic heterocycles. The van der Waals surface area contributed by atoms with Crippen LogP contribution in [0.1, 0.15) is 37.0 Å². The number of rotatable bonds is 5. The Morgan fingerprint density at radius 1 is 1.12 bits per heavy atom. The molecule has 0 unspecified atom stereocenters. The predicted molar refractivity (Wildman–Crippen MR) is 122 cm³/mol. The summed E-state index contributed by atoms with van der Waals surface area (Å²) in [5.74, 6) is -1.48. The third-order valence-electron chi connectivity index (χ3n) is 5.64. The van der Waals surface area contributed by atoms with Crippen LogP contribution in [0.4, 0.5) is 27.6 Å². The highest BCUT2D eigenvalue weighted by molar-refractivity contribution is 6.38. The minimum Gasteiger partial charge on any atom is -0.381 e. The van der Waals surface area contributed by atoms with Crippen molar-refractivity contribution < 1.29 is 26.7 Å². The molecular formula is C24H21ClF5N3O. The number of fused-ring (bicyclic) bond motifs is 3. The van der Waals surface area contributed by atoms with Crippen LogP contribution in [0.15, 0.2) is 52.1 Å². The van der Waals surface area contributed by atoms with Gasteiger partial charge in [0.25, 0.3) is 0 Å². The van der Waals surface area contributed by atoms with Gasteiger partial charge in [-0.25, -0.2) is 13.8 Å². The number of hydrogen-bond donors (Lipinski definition) is 0. The molecule has 1 atom stereocenters. The minimum absolute atomic E-state index is 0.191. The van der Waals surface area contributed by atoms with Crippen LogP contribution in [0.2, 0.25) is 5.02 Å². The largest absolute Gasteiger partial charge is 0.417 e. The number of hydrogen-bond acceptors (Lipinski definition) is 4. The highest BCUT2D eigenvalue weighted by atomic mass is 35.5. The lowest BCUT2D eigenvalue weighted by Crippen LogP contribution is -2.40. The fraction of sp³-hybridized carbons (Fsp3) is 0.333. The van der Waals surface area contributed by atoms with Crippen molar-refractivity contribution in [3.63, 3.8) is 0 Å². The molecule has 2 aliphatic rings. The van der Waals surface area contributed by atoms with Crippen LogP contribution in [0.5, 0.6) is 0 Å². The fourth-order valence-corrected chi connectivity index (χ4v) is 4.41. The van der Waals surface area contributed by atoms with Gasteiger partial charge in [0.05, 0.1) is 34.2 Å². The molecule has 0 radical (unpaired) electrons. The lowest BCUT2D eigenvalue weighted by molar-refractivity contribution is -0.137. The zero-order valence-electron chi connectivity index (χ0n) is 18.4. The third-order valence-corrected chi connectivity index (χ3v) is 6.03. The topological polar surface area (TPSA) is 37.2 Å². The summed E-state index contributed by atoms with van der Waals surface area (Å²) in [6.07, 6.45) is -2.53. The highest BCUT2D eigenvalue weighted by Crippen LogP contribution is 2.43. The van der Waals surface area contributed by atoms with E-state index in [1.165, 1.54) is 12.1 Å². The summed E-state index contributed by atoms with van der Waals surface area (Å²) in [6.45, 7) is 4.84. The zero-order valence-corrected chi connectivity index (χ0v) is 19.1. The van der Waals surface area contributed by atoms with Gasteiger partial charge in [0, 0.05) is 24.9 Å². The van der Waals surface area contributed by atoms with Gasteiger partial charge in [-0.05, 0) is 50.1 Å². The van der Waals surface area contributed by atoms with Crippen molar-refractivity contribution >= 4 is 28.8 Å². The van der Waals surface area contributed by atoms with Crippen LogP contribution < -0.4 is 4.90 Å². The molecule has 2 heterocycles. The van der Waals surface area contributed by atoms with E-state index in [0.29, 0.717) is 32.0 Å². The first kappa shape index (κ1) is 24.3. The Hall–Kier alpha value is -2.78. The van der Waals surface area contributed by atoms with E-state index >= 15 is 0 Å². The van der Waals surface area contributed by atoms with E-state index in [2.05, 4.69) is 9.98 Å². The summed E-state index contributed by atoms with van der Waals surface area (Å²) in [5.41, 5.74) is -1.02. The summed E-state index contributed by atoms with van der Waals surface area (Å²) in [7, 11) is 0. The van der Waals surface area contributed by atoms with Crippen molar-refractivity contribution in [2.24, 2.45) is 9.98 Å². The first-order valence-electron chi connectivity index (χ1n) is 10.7. The van der Waals surface area contributed by atoms with E-state index in [9.17, 15) is 22.0 Å². The summed E-state index contributed by atoms with van der Waals surface area (Å²) in [6, 6.07) is 4.62. The second kappa shape index (κ2) is 9.46. The van der Waals surface area contributed by atoms with Crippen LogP contribution in [-0.2, 0) is 10.9 Å². The Labute approximate surface area is 198 Å². The molecule has 0 spiro atoms. The van der Waals surface area contributed by atoms with Crippen LogP contribution in [0.3, 0.4) is 0 Å². The summed E-state index contributed by atoms with van der Waals surface area (Å²) >= 11 is 6.30. The van der Waals surface area contributed by atoms with Crippen molar-refractivity contribution in [3.8, 4) is 0 Å². The number of nitrogens with zero attached hydrogens (tertiary/aromatic N) is 3. The lowest BCUT2D eigenvalue weighted by Gasteiger charge is -2.31. The van der Waals surface area contributed by atoms with Gasteiger partial charge >= 0.3 is 6.18 Å². The van der Waals surface area contributed by atoms with Gasteiger partial charge in [0.2, 0.25) is 0 Å². The normalized spacial score (nSPS) is 17.9. The second-order valence-electron chi connectivity index (χ2n) is 7.88. The van der Waals surface area contributed by atoms with Crippen molar-refractivity contribution in [2.45, 2.75) is 32.5 Å². The van der Waals surface area contributed by atoms with E-state index in [1.54, 1.807) is 18.0 Å². The number of aliphatic imine (C=N–C) groups is 2. The quantitative estimate of drug-likeness (QED) is 0.354. The molecule has 2 aromatic carbocycles. The van der Waals surface area contributed by atoms with Gasteiger partial charge in [0.15, 0.2) is 0 Å². The number of halogens is 6. The molecular weight excluding hydrogens is 477 g/mol. The average molecular weight is 498 g/mol. The summed E-state index contributed by atoms with van der Waals surface area (Å²) < 4.78 is 76.2. The highest BCUT2D eigenvalue weighted by Gasteiger charge is 2.39. The average Bonchev–Trinajstić information content (AvgIpc) is 2.88. The number of amidine groups is 1. The van der Waals surface area contributed by atoms with E-state index in [4.69, 9.17) is 16.3 Å². The molecule has 0 saturated heterocycles. The fourth-order valence-electron chi connectivity index (χ4n) is 4.05. The van der Waals surface area contributed by atoms with Gasteiger partial charge in [-0.15, -0.1) is 0 Å². The monoisotopic (exact) mass is 497 g/mol. The predicted octanol–water partition coefficient (Wildman–Crippen LogP) is 6.41. The Bertz CT molecular complexity index is 1190. The van der Waals surface area contributed by atoms with Crippen molar-refractivity contribution in [2.75, 3.05) is 24.7 Å². The van der Waals surface area contributed by atoms with E-state index in [-0.39, 0.29) is 17.0 Å². The maximum Gasteiger partial charge on any atom is 0.417 e. The zero-order chi connectivity index (χ0) is 24.6. The van der Waals surface area contributed by atoms with Gasteiger partial charge < -0.3 is 9.64 Å². The van der Waals surface area contributed by atoms with Crippen LogP contribution in [0, 0.1) is 11.6 Å². The molecule has 10 heteroatoms. The number of anilines is 1. The van der Waals surface area contributed by atoms with Gasteiger partial charge in [-0.3, -0.25) is 4.99 Å². The number of alkyl halides is 3. The maximum atomic E-state index is 14.8. The number of ether oxygens (including phenoxy) is 1. The smallest absolute Gasteiger partial charge is 0.381 e. The Morgan fingerprint density at radius 2 is 1.82 bits per heavy atom. The molecule has 0 amide bonds. The molecule has 4 nitrogen and oxygen atoms in total. The first-order valence-corrected chi connectivity index (χ1v) is 11.0. The number of benzene rings is 2. The van der Waals surface area contributed by atoms with Crippen molar-refractivity contribution in [1.82, 2.24) is 0 Å². The lowest BCUT2D eigenvalue weighted by atomic mass is 9.96. The van der Waals surface area contributed by atoms with E-state index < -0.39 is 40.0 Å². The first-order chi connectivity index (χ1) is 16.1. The molecule has 0 bridgehead atoms.